The Morgan fingerprint density at radius 2 is 2.06 bits per heavy atom. The first-order chi connectivity index (χ1) is 7.74. The van der Waals surface area contributed by atoms with Crippen molar-refractivity contribution in [2.45, 2.75) is 6.42 Å². The van der Waals surface area contributed by atoms with Gasteiger partial charge in [0.2, 0.25) is 0 Å². The zero-order chi connectivity index (χ0) is 11.5. The van der Waals surface area contributed by atoms with Gasteiger partial charge in [-0.2, -0.15) is 0 Å². The maximum atomic E-state index is 11.0. The van der Waals surface area contributed by atoms with E-state index in [1.165, 1.54) is 0 Å². The molecular weight excluding hydrogens is 208 g/mol. The van der Waals surface area contributed by atoms with Gasteiger partial charge in [-0.3, -0.25) is 4.79 Å². The maximum absolute atomic E-state index is 11.0. The molecule has 1 heterocycles. The highest BCUT2D eigenvalue weighted by atomic mass is 16.5. The van der Waals surface area contributed by atoms with Gasteiger partial charge in [-0.05, 0) is 24.3 Å². The van der Waals surface area contributed by atoms with Gasteiger partial charge < -0.3 is 14.2 Å². The number of ether oxygens (including phenoxy) is 3. The molecule has 16 heavy (non-hydrogen) atoms. The lowest BCUT2D eigenvalue weighted by atomic mass is 10.1. The van der Waals surface area contributed by atoms with Gasteiger partial charge in [-0.1, -0.05) is 0 Å². The normalized spacial score (nSPS) is 14.4. The van der Waals surface area contributed by atoms with E-state index in [1.807, 2.05) is 0 Å². The monoisotopic (exact) mass is 220 g/mol. The van der Waals surface area contributed by atoms with Gasteiger partial charge in [0.05, 0.1) is 26.2 Å². The first kappa shape index (κ1) is 10.5. The highest BCUT2D eigenvalue weighted by Gasteiger charge is 2.19. The molecule has 1 aromatic rings. The Labute approximate surface area is 93.4 Å². The van der Waals surface area contributed by atoms with Crippen molar-refractivity contribution in [3.05, 3.63) is 29.8 Å². The molecule has 0 saturated heterocycles. The van der Waals surface area contributed by atoms with E-state index in [9.17, 15) is 4.79 Å². The molecule has 2 rings (SSSR count). The fourth-order valence-electron chi connectivity index (χ4n) is 1.55. The summed E-state index contributed by atoms with van der Waals surface area (Å²) in [4.78, 5) is 11.0. The van der Waals surface area contributed by atoms with Gasteiger partial charge in [0.25, 0.3) is 0 Å². The Morgan fingerprint density at radius 3 is 2.62 bits per heavy atom. The average Bonchev–Trinajstić information content (AvgIpc) is 2.75. The second-order valence-electron chi connectivity index (χ2n) is 3.31. The lowest BCUT2D eigenvalue weighted by molar-refractivity contribution is -0.134. The van der Waals surface area contributed by atoms with Crippen molar-refractivity contribution in [2.24, 2.45) is 0 Å². The molecule has 0 fully saturated rings. The van der Waals surface area contributed by atoms with Crippen LogP contribution in [0.2, 0.25) is 0 Å². The van der Waals surface area contributed by atoms with E-state index in [0.717, 1.165) is 5.56 Å². The van der Waals surface area contributed by atoms with Crippen LogP contribution in [0.25, 0.3) is 5.76 Å². The number of esters is 1. The van der Waals surface area contributed by atoms with E-state index in [0.29, 0.717) is 23.7 Å². The minimum Gasteiger partial charge on any atom is -0.497 e. The number of methoxy groups -OCH3 is 2. The number of carbonyl (C=O) groups excluding carboxylic acids is 1. The molecule has 1 aliphatic rings. The molecule has 0 aliphatic carbocycles. The maximum Gasteiger partial charge on any atom is 0.315 e. The Kier molecular flexibility index (Phi) is 2.81. The van der Waals surface area contributed by atoms with Crippen LogP contribution >= 0.6 is 0 Å². The second kappa shape index (κ2) is 4.26. The predicted octanol–water partition coefficient (Wildman–Crippen LogP) is 1.99. The summed E-state index contributed by atoms with van der Waals surface area (Å²) in [5, 5.41) is 0. The van der Waals surface area contributed by atoms with Crippen molar-refractivity contribution in [3.8, 4) is 11.5 Å². The number of carbonyl (C=O) groups is 1. The fraction of sp³-hybridized carbons (Fsp3) is 0.250. The van der Waals surface area contributed by atoms with Gasteiger partial charge in [0.1, 0.15) is 17.3 Å². The summed E-state index contributed by atoms with van der Waals surface area (Å²) in [7, 11) is 3.16. The molecule has 0 radical (unpaired) electrons. The van der Waals surface area contributed by atoms with Crippen LogP contribution < -0.4 is 9.47 Å². The van der Waals surface area contributed by atoms with Crippen LogP contribution in [0.3, 0.4) is 0 Å². The van der Waals surface area contributed by atoms with Crippen LogP contribution in [0, 0.1) is 0 Å². The summed E-state index contributed by atoms with van der Waals surface area (Å²) < 4.78 is 15.4. The second-order valence-corrected chi connectivity index (χ2v) is 3.31. The Hall–Kier alpha value is -1.97. The minimum atomic E-state index is -0.250. The number of hydrogen-bond donors (Lipinski definition) is 0. The number of hydrogen-bond acceptors (Lipinski definition) is 4. The van der Waals surface area contributed by atoms with E-state index >= 15 is 0 Å². The molecule has 84 valence electrons. The van der Waals surface area contributed by atoms with E-state index in [2.05, 4.69) is 0 Å². The number of cyclic esters (lactones) is 1. The van der Waals surface area contributed by atoms with Crippen LogP contribution in [0.15, 0.2) is 24.3 Å². The quantitative estimate of drug-likeness (QED) is 0.731. The van der Waals surface area contributed by atoms with Crippen LogP contribution in [0.5, 0.6) is 11.5 Å². The van der Waals surface area contributed by atoms with Crippen molar-refractivity contribution in [2.75, 3.05) is 14.2 Å². The van der Waals surface area contributed by atoms with Gasteiger partial charge in [-0.25, -0.2) is 0 Å². The third kappa shape index (κ3) is 1.86. The summed E-state index contributed by atoms with van der Waals surface area (Å²) >= 11 is 0. The third-order valence-corrected chi connectivity index (χ3v) is 2.35. The summed E-state index contributed by atoms with van der Waals surface area (Å²) in [6.07, 6.45) is 2.04. The average molecular weight is 220 g/mol. The minimum absolute atomic E-state index is 0.250. The zero-order valence-corrected chi connectivity index (χ0v) is 9.15. The van der Waals surface area contributed by atoms with E-state index < -0.39 is 0 Å². The summed E-state index contributed by atoms with van der Waals surface area (Å²) in [6, 6.07) is 5.35. The summed E-state index contributed by atoms with van der Waals surface area (Å²) in [6.45, 7) is 0. The number of benzene rings is 1. The van der Waals surface area contributed by atoms with Crippen LogP contribution in [-0.4, -0.2) is 20.2 Å². The van der Waals surface area contributed by atoms with Gasteiger partial charge in [0, 0.05) is 0 Å². The van der Waals surface area contributed by atoms with Crippen LogP contribution in [0.4, 0.5) is 0 Å². The predicted molar refractivity (Wildman–Crippen MR) is 58.2 cm³/mol. The zero-order valence-electron chi connectivity index (χ0n) is 9.15. The van der Waals surface area contributed by atoms with Gasteiger partial charge >= 0.3 is 5.97 Å². The van der Waals surface area contributed by atoms with Crippen LogP contribution in [-0.2, 0) is 9.53 Å². The van der Waals surface area contributed by atoms with Crippen LogP contribution in [0.1, 0.15) is 12.0 Å². The van der Waals surface area contributed by atoms with Crippen molar-refractivity contribution < 1.29 is 19.0 Å². The highest BCUT2D eigenvalue weighted by molar-refractivity contribution is 5.86. The lowest BCUT2D eigenvalue weighted by Gasteiger charge is -2.10. The SMILES string of the molecule is COc1ccc(OC)c(C2=CCC(=O)O2)c1. The lowest BCUT2D eigenvalue weighted by Crippen LogP contribution is -1.97. The fourth-order valence-corrected chi connectivity index (χ4v) is 1.55. The Morgan fingerprint density at radius 1 is 1.25 bits per heavy atom. The molecule has 0 atom stereocenters. The molecule has 4 heteroatoms. The molecule has 0 unspecified atom stereocenters. The summed E-state index contributed by atoms with van der Waals surface area (Å²) in [5.41, 5.74) is 0.729. The molecule has 0 amide bonds. The Bertz CT molecular complexity index is 448. The first-order valence-electron chi connectivity index (χ1n) is 4.88. The van der Waals surface area contributed by atoms with E-state index in [4.69, 9.17) is 14.2 Å². The molecule has 0 aromatic heterocycles. The molecule has 1 aromatic carbocycles. The van der Waals surface area contributed by atoms with Crippen molar-refractivity contribution in [1.82, 2.24) is 0 Å². The molecule has 0 N–H and O–H groups in total. The largest absolute Gasteiger partial charge is 0.497 e. The van der Waals surface area contributed by atoms with E-state index in [1.54, 1.807) is 38.5 Å². The standard InChI is InChI=1S/C12H12O4/c1-14-8-3-4-10(15-2)9(7-8)11-5-6-12(13)16-11/h3-5,7H,6H2,1-2H3. The molecular formula is C12H12O4. The van der Waals surface area contributed by atoms with Crippen molar-refractivity contribution in [3.63, 3.8) is 0 Å². The van der Waals surface area contributed by atoms with Crippen molar-refractivity contribution in [1.29, 1.82) is 0 Å². The topological polar surface area (TPSA) is 44.8 Å². The first-order valence-corrected chi connectivity index (χ1v) is 4.88. The number of rotatable bonds is 3. The van der Waals surface area contributed by atoms with Crippen molar-refractivity contribution >= 4 is 11.7 Å². The summed E-state index contributed by atoms with van der Waals surface area (Å²) in [5.74, 6) is 1.63. The third-order valence-electron chi connectivity index (χ3n) is 2.35. The van der Waals surface area contributed by atoms with E-state index in [-0.39, 0.29) is 5.97 Å². The molecule has 0 spiro atoms. The highest BCUT2D eigenvalue weighted by Crippen LogP contribution is 2.33. The van der Waals surface area contributed by atoms with Gasteiger partial charge in [-0.15, -0.1) is 0 Å². The van der Waals surface area contributed by atoms with Gasteiger partial charge in [0.15, 0.2) is 0 Å². The molecule has 0 bridgehead atoms. The smallest absolute Gasteiger partial charge is 0.315 e. The molecule has 0 saturated carbocycles. The molecule has 4 nitrogen and oxygen atoms in total. The Balaban J connectivity index is 2.41. The molecule has 1 aliphatic heterocycles.